The highest BCUT2D eigenvalue weighted by Gasteiger charge is 2.09. The van der Waals surface area contributed by atoms with Gasteiger partial charge in [0.2, 0.25) is 0 Å². The summed E-state index contributed by atoms with van der Waals surface area (Å²) < 4.78 is 4.99. The molecule has 0 saturated carbocycles. The Balaban J connectivity index is 1.43. The first kappa shape index (κ1) is 21.6. The lowest BCUT2D eigenvalue weighted by Crippen LogP contribution is -2.34. The monoisotopic (exact) mass is 420 g/mol. The van der Waals surface area contributed by atoms with Crippen molar-refractivity contribution in [2.45, 2.75) is 13.8 Å². The molecule has 0 fully saturated rings. The normalized spacial score (nSPS) is 10.3. The van der Waals surface area contributed by atoms with E-state index in [4.69, 9.17) is 4.42 Å². The van der Waals surface area contributed by atoms with E-state index in [1.807, 2.05) is 32.0 Å². The maximum absolute atomic E-state index is 12.2. The summed E-state index contributed by atoms with van der Waals surface area (Å²) in [5.74, 6) is -0.400. The summed E-state index contributed by atoms with van der Waals surface area (Å²) in [6, 6.07) is 15.0. The molecule has 160 valence electrons. The largest absolute Gasteiger partial charge is 0.459 e. The Morgan fingerprint density at radius 3 is 2.06 bits per heavy atom. The molecule has 0 spiro atoms. The number of rotatable bonds is 7. The number of urea groups is 1. The number of benzene rings is 2. The Morgan fingerprint density at radius 2 is 1.42 bits per heavy atom. The summed E-state index contributed by atoms with van der Waals surface area (Å²) in [5.41, 5.74) is 3.95. The van der Waals surface area contributed by atoms with Gasteiger partial charge in [0, 0.05) is 30.0 Å². The maximum Gasteiger partial charge on any atom is 0.323 e. The van der Waals surface area contributed by atoms with Crippen molar-refractivity contribution in [1.82, 2.24) is 10.6 Å². The number of hydrogen-bond donors (Lipinski definition) is 4. The molecule has 0 radical (unpaired) electrons. The van der Waals surface area contributed by atoms with E-state index >= 15 is 0 Å². The number of amides is 4. The van der Waals surface area contributed by atoms with Crippen LogP contribution in [0.3, 0.4) is 0 Å². The zero-order chi connectivity index (χ0) is 22.2. The summed E-state index contributed by atoms with van der Waals surface area (Å²) in [5, 5.41) is 10.9. The lowest BCUT2D eigenvalue weighted by molar-refractivity contribution is 0.0910. The smallest absolute Gasteiger partial charge is 0.323 e. The molecule has 1 heterocycles. The highest BCUT2D eigenvalue weighted by atomic mass is 16.3. The third-order valence-corrected chi connectivity index (χ3v) is 4.61. The van der Waals surface area contributed by atoms with Crippen molar-refractivity contribution in [2.24, 2.45) is 0 Å². The minimum Gasteiger partial charge on any atom is -0.459 e. The van der Waals surface area contributed by atoms with E-state index in [0.29, 0.717) is 16.9 Å². The standard InChI is InChI=1S/C23H24N4O4/c1-15-5-8-19(14-16(15)2)27-23(30)26-18-9-6-17(7-10-18)21(28)24-11-12-25-22(29)20-4-3-13-31-20/h3-10,13-14H,11-12H2,1-2H3,(H,24,28)(H,25,29)(H2,26,27,30). The van der Waals surface area contributed by atoms with E-state index in [-0.39, 0.29) is 36.7 Å². The fourth-order valence-corrected chi connectivity index (χ4v) is 2.77. The molecule has 31 heavy (non-hydrogen) atoms. The van der Waals surface area contributed by atoms with Gasteiger partial charge in [0.15, 0.2) is 5.76 Å². The van der Waals surface area contributed by atoms with E-state index in [2.05, 4.69) is 21.3 Å². The van der Waals surface area contributed by atoms with Crippen LogP contribution in [0.4, 0.5) is 16.2 Å². The Hall–Kier alpha value is -4.07. The van der Waals surface area contributed by atoms with Crippen LogP contribution in [0, 0.1) is 13.8 Å². The molecular formula is C23H24N4O4. The number of furan rings is 1. The third-order valence-electron chi connectivity index (χ3n) is 4.61. The number of anilines is 2. The van der Waals surface area contributed by atoms with Crippen molar-refractivity contribution in [3.63, 3.8) is 0 Å². The molecule has 0 atom stereocenters. The molecule has 3 rings (SSSR count). The SMILES string of the molecule is Cc1ccc(NC(=O)Nc2ccc(C(=O)NCCNC(=O)c3ccco3)cc2)cc1C. The van der Waals surface area contributed by atoms with Crippen LogP contribution in [0.5, 0.6) is 0 Å². The average Bonchev–Trinajstić information content (AvgIpc) is 3.29. The van der Waals surface area contributed by atoms with Gasteiger partial charge < -0.3 is 25.7 Å². The van der Waals surface area contributed by atoms with Gasteiger partial charge in [0.25, 0.3) is 11.8 Å². The third kappa shape index (κ3) is 6.20. The second-order valence-electron chi connectivity index (χ2n) is 6.94. The van der Waals surface area contributed by atoms with Gasteiger partial charge in [-0.05, 0) is 73.5 Å². The van der Waals surface area contributed by atoms with Crippen LogP contribution in [0.25, 0.3) is 0 Å². The van der Waals surface area contributed by atoms with E-state index < -0.39 is 0 Å². The van der Waals surface area contributed by atoms with Crippen molar-refractivity contribution in [3.8, 4) is 0 Å². The van der Waals surface area contributed by atoms with Crippen molar-refractivity contribution >= 4 is 29.2 Å². The van der Waals surface area contributed by atoms with Gasteiger partial charge in [-0.3, -0.25) is 9.59 Å². The molecule has 0 saturated heterocycles. The predicted octanol–water partition coefficient (Wildman–Crippen LogP) is 3.70. The summed E-state index contributed by atoms with van der Waals surface area (Å²) in [4.78, 5) is 36.1. The predicted molar refractivity (Wildman–Crippen MR) is 118 cm³/mol. The number of hydrogen-bond acceptors (Lipinski definition) is 4. The van der Waals surface area contributed by atoms with Crippen LogP contribution >= 0.6 is 0 Å². The van der Waals surface area contributed by atoms with Crippen LogP contribution in [-0.4, -0.2) is 30.9 Å². The topological polar surface area (TPSA) is 112 Å². The first-order valence-electron chi connectivity index (χ1n) is 9.77. The molecule has 0 aliphatic rings. The van der Waals surface area contributed by atoms with Crippen molar-refractivity contribution < 1.29 is 18.8 Å². The molecule has 0 bridgehead atoms. The minimum atomic E-state index is -0.368. The van der Waals surface area contributed by atoms with Gasteiger partial charge in [-0.15, -0.1) is 0 Å². The highest BCUT2D eigenvalue weighted by molar-refractivity contribution is 6.00. The first-order valence-corrected chi connectivity index (χ1v) is 9.77. The van der Waals surface area contributed by atoms with E-state index in [1.165, 1.54) is 6.26 Å². The fourth-order valence-electron chi connectivity index (χ4n) is 2.77. The molecule has 3 aromatic rings. The second-order valence-corrected chi connectivity index (χ2v) is 6.94. The molecule has 8 nitrogen and oxygen atoms in total. The molecule has 4 N–H and O–H groups in total. The number of aryl methyl sites for hydroxylation is 2. The number of nitrogens with one attached hydrogen (secondary N) is 4. The lowest BCUT2D eigenvalue weighted by atomic mass is 10.1. The lowest BCUT2D eigenvalue weighted by Gasteiger charge is -2.10. The average molecular weight is 420 g/mol. The van der Waals surface area contributed by atoms with Gasteiger partial charge >= 0.3 is 6.03 Å². The molecule has 2 aromatic carbocycles. The molecule has 0 aliphatic carbocycles. The van der Waals surface area contributed by atoms with Crippen molar-refractivity contribution in [2.75, 3.05) is 23.7 Å². The summed E-state index contributed by atoms with van der Waals surface area (Å²) in [6.45, 7) is 4.52. The summed E-state index contributed by atoms with van der Waals surface area (Å²) in [6.07, 6.45) is 1.42. The van der Waals surface area contributed by atoms with Gasteiger partial charge in [-0.2, -0.15) is 0 Å². The van der Waals surface area contributed by atoms with E-state index in [0.717, 1.165) is 11.1 Å². The van der Waals surface area contributed by atoms with Crippen LogP contribution in [-0.2, 0) is 0 Å². The molecule has 0 unspecified atom stereocenters. The van der Waals surface area contributed by atoms with Crippen LogP contribution in [0.2, 0.25) is 0 Å². The van der Waals surface area contributed by atoms with E-state index in [1.54, 1.807) is 36.4 Å². The van der Waals surface area contributed by atoms with Crippen LogP contribution in [0.15, 0.2) is 65.3 Å². The Morgan fingerprint density at radius 1 is 0.774 bits per heavy atom. The Bertz CT molecular complexity index is 1060. The first-order chi connectivity index (χ1) is 14.9. The number of carbonyl (C=O) groups is 3. The summed E-state index contributed by atoms with van der Waals surface area (Å²) >= 11 is 0. The van der Waals surface area contributed by atoms with Crippen LogP contribution < -0.4 is 21.3 Å². The molecule has 8 heteroatoms. The fraction of sp³-hybridized carbons (Fsp3) is 0.174. The minimum absolute atomic E-state index is 0.218. The molecule has 0 aliphatic heterocycles. The summed E-state index contributed by atoms with van der Waals surface area (Å²) in [7, 11) is 0. The quantitative estimate of drug-likeness (QED) is 0.437. The van der Waals surface area contributed by atoms with Gasteiger partial charge in [0.1, 0.15) is 0 Å². The Kier molecular flexibility index (Phi) is 7.05. The zero-order valence-corrected chi connectivity index (χ0v) is 17.3. The van der Waals surface area contributed by atoms with Gasteiger partial charge in [-0.25, -0.2) is 4.79 Å². The van der Waals surface area contributed by atoms with Crippen molar-refractivity contribution in [3.05, 3.63) is 83.3 Å². The highest BCUT2D eigenvalue weighted by Crippen LogP contribution is 2.15. The molecule has 1 aromatic heterocycles. The molecular weight excluding hydrogens is 396 g/mol. The Labute approximate surface area is 180 Å². The van der Waals surface area contributed by atoms with Crippen molar-refractivity contribution in [1.29, 1.82) is 0 Å². The maximum atomic E-state index is 12.2. The second kappa shape index (κ2) is 10.1. The van der Waals surface area contributed by atoms with Gasteiger partial charge in [0.05, 0.1) is 6.26 Å². The number of carbonyl (C=O) groups excluding carboxylic acids is 3. The van der Waals surface area contributed by atoms with Gasteiger partial charge in [-0.1, -0.05) is 6.07 Å². The van der Waals surface area contributed by atoms with E-state index in [9.17, 15) is 14.4 Å². The molecule has 4 amide bonds. The zero-order valence-electron chi connectivity index (χ0n) is 17.3. The van der Waals surface area contributed by atoms with Crippen LogP contribution in [0.1, 0.15) is 32.0 Å².